The van der Waals surface area contributed by atoms with E-state index in [0.717, 1.165) is 31.4 Å². The largest absolute Gasteiger partial charge is 0.373 e. The summed E-state index contributed by atoms with van der Waals surface area (Å²) in [7, 11) is 0. The number of thioether (sulfide) groups is 1. The monoisotopic (exact) mass is 255 g/mol. The average Bonchev–Trinajstić information content (AvgIpc) is 2.85. The molecular formula is C12H21N3OS. The van der Waals surface area contributed by atoms with Crippen molar-refractivity contribution in [1.29, 1.82) is 0 Å². The lowest BCUT2D eigenvalue weighted by Crippen LogP contribution is -2.49. The van der Waals surface area contributed by atoms with Crippen LogP contribution in [0.1, 0.15) is 19.3 Å². The minimum atomic E-state index is 0.342. The highest BCUT2D eigenvalue weighted by Crippen LogP contribution is 2.22. The fraction of sp³-hybridized carbons (Fsp3) is 0.917. The summed E-state index contributed by atoms with van der Waals surface area (Å²) < 4.78 is 5.91. The van der Waals surface area contributed by atoms with Crippen molar-refractivity contribution in [2.24, 2.45) is 4.99 Å². The average molecular weight is 255 g/mol. The Hall–Kier alpha value is -0.260. The van der Waals surface area contributed by atoms with E-state index in [1.807, 2.05) is 11.8 Å². The number of ether oxygens (including phenoxy) is 1. The number of hydrogen-bond donors (Lipinski definition) is 1. The Morgan fingerprint density at radius 2 is 2.47 bits per heavy atom. The van der Waals surface area contributed by atoms with E-state index in [0.29, 0.717) is 12.1 Å². The fourth-order valence-electron chi connectivity index (χ4n) is 2.78. The van der Waals surface area contributed by atoms with Gasteiger partial charge in [0.15, 0.2) is 5.17 Å². The van der Waals surface area contributed by atoms with Gasteiger partial charge in [0.25, 0.3) is 0 Å². The van der Waals surface area contributed by atoms with Gasteiger partial charge in [-0.3, -0.25) is 9.89 Å². The van der Waals surface area contributed by atoms with Gasteiger partial charge in [0.05, 0.1) is 12.7 Å². The molecule has 96 valence electrons. The van der Waals surface area contributed by atoms with Crippen LogP contribution in [0, 0.1) is 0 Å². The Kier molecular flexibility index (Phi) is 3.88. The highest BCUT2D eigenvalue weighted by Gasteiger charge is 2.32. The molecule has 0 aliphatic carbocycles. The summed E-state index contributed by atoms with van der Waals surface area (Å²) in [6.45, 7) is 5.17. The normalized spacial score (nSPS) is 34.2. The molecule has 3 heterocycles. The molecular weight excluding hydrogens is 234 g/mol. The zero-order chi connectivity index (χ0) is 11.5. The Bertz CT molecular complexity index is 297. The van der Waals surface area contributed by atoms with Crippen molar-refractivity contribution >= 4 is 16.9 Å². The highest BCUT2D eigenvalue weighted by atomic mass is 32.2. The first kappa shape index (κ1) is 11.8. The minimum Gasteiger partial charge on any atom is -0.373 e. The number of morpholine rings is 1. The van der Waals surface area contributed by atoms with Gasteiger partial charge in [-0.15, -0.1) is 0 Å². The second-order valence-electron chi connectivity index (χ2n) is 5.02. The number of nitrogens with one attached hydrogen (secondary N) is 1. The zero-order valence-corrected chi connectivity index (χ0v) is 11.0. The van der Waals surface area contributed by atoms with Crippen LogP contribution in [0.25, 0.3) is 0 Å². The predicted molar refractivity (Wildman–Crippen MR) is 71.7 cm³/mol. The molecule has 0 spiro atoms. The van der Waals surface area contributed by atoms with Gasteiger partial charge in [-0.2, -0.15) is 0 Å². The van der Waals surface area contributed by atoms with Crippen LogP contribution in [-0.2, 0) is 4.74 Å². The maximum Gasteiger partial charge on any atom is 0.156 e. The highest BCUT2D eigenvalue weighted by molar-refractivity contribution is 8.13. The third-order valence-electron chi connectivity index (χ3n) is 3.74. The molecule has 0 aromatic rings. The van der Waals surface area contributed by atoms with Gasteiger partial charge in [0.1, 0.15) is 0 Å². The molecule has 0 aromatic carbocycles. The third kappa shape index (κ3) is 2.95. The molecule has 3 aliphatic heterocycles. The Labute approximate surface area is 107 Å². The molecule has 0 radical (unpaired) electrons. The van der Waals surface area contributed by atoms with Gasteiger partial charge in [-0.25, -0.2) is 0 Å². The number of rotatable bonds is 2. The van der Waals surface area contributed by atoms with Crippen molar-refractivity contribution in [2.75, 3.05) is 38.5 Å². The molecule has 2 atom stereocenters. The summed E-state index contributed by atoms with van der Waals surface area (Å²) in [6, 6.07) is 0.702. The predicted octanol–water partition coefficient (Wildman–Crippen LogP) is 0.932. The van der Waals surface area contributed by atoms with Gasteiger partial charge in [-0.05, 0) is 25.8 Å². The summed E-state index contributed by atoms with van der Waals surface area (Å²) in [5, 5.41) is 4.55. The van der Waals surface area contributed by atoms with E-state index in [9.17, 15) is 0 Å². The summed E-state index contributed by atoms with van der Waals surface area (Å²) in [5.74, 6) is 1.20. The molecule has 3 rings (SSSR count). The molecule has 2 fully saturated rings. The van der Waals surface area contributed by atoms with Crippen LogP contribution in [-0.4, -0.2) is 60.8 Å². The Morgan fingerprint density at radius 3 is 3.35 bits per heavy atom. The first-order valence-corrected chi connectivity index (χ1v) is 7.67. The lowest BCUT2D eigenvalue weighted by molar-refractivity contribution is -0.0451. The topological polar surface area (TPSA) is 36.9 Å². The molecule has 17 heavy (non-hydrogen) atoms. The SMILES string of the molecule is C1CN=C(NCC2CN3CCCC3CO2)SC1. The van der Waals surface area contributed by atoms with Crippen molar-refractivity contribution in [1.82, 2.24) is 10.2 Å². The standard InChI is InChI=1S/C12H21N3OS/c1-3-10-9-16-11(8-15(10)5-1)7-14-12-13-4-2-6-17-12/h10-11H,1-9H2,(H,13,14). The second-order valence-corrected chi connectivity index (χ2v) is 6.10. The van der Waals surface area contributed by atoms with E-state index in [-0.39, 0.29) is 0 Å². The Morgan fingerprint density at radius 1 is 1.47 bits per heavy atom. The van der Waals surface area contributed by atoms with E-state index >= 15 is 0 Å². The first-order chi connectivity index (χ1) is 8.42. The van der Waals surface area contributed by atoms with E-state index in [1.165, 1.54) is 31.6 Å². The van der Waals surface area contributed by atoms with Crippen LogP contribution in [0.2, 0.25) is 0 Å². The number of aliphatic imine (C=N–C) groups is 1. The second kappa shape index (κ2) is 5.59. The lowest BCUT2D eigenvalue weighted by atomic mass is 10.2. The number of fused-ring (bicyclic) bond motifs is 1. The summed E-state index contributed by atoms with van der Waals surface area (Å²) in [4.78, 5) is 7.07. The van der Waals surface area contributed by atoms with Crippen LogP contribution in [0.4, 0.5) is 0 Å². The molecule has 2 saturated heterocycles. The van der Waals surface area contributed by atoms with Crippen LogP contribution in [0.5, 0.6) is 0 Å². The molecule has 1 N–H and O–H groups in total. The van der Waals surface area contributed by atoms with Gasteiger partial charge >= 0.3 is 0 Å². The van der Waals surface area contributed by atoms with Gasteiger partial charge in [0, 0.05) is 31.4 Å². The molecule has 5 heteroatoms. The van der Waals surface area contributed by atoms with Gasteiger partial charge < -0.3 is 10.1 Å². The maximum absolute atomic E-state index is 5.91. The fourth-order valence-corrected chi connectivity index (χ4v) is 3.61. The maximum atomic E-state index is 5.91. The van der Waals surface area contributed by atoms with Gasteiger partial charge in [0.2, 0.25) is 0 Å². The van der Waals surface area contributed by atoms with E-state index in [2.05, 4.69) is 15.2 Å². The van der Waals surface area contributed by atoms with E-state index in [1.54, 1.807) is 0 Å². The first-order valence-electron chi connectivity index (χ1n) is 6.68. The summed E-state index contributed by atoms with van der Waals surface area (Å²) in [5.41, 5.74) is 0. The van der Waals surface area contributed by atoms with Crippen molar-refractivity contribution < 1.29 is 4.74 Å². The number of nitrogens with zero attached hydrogens (tertiary/aromatic N) is 2. The van der Waals surface area contributed by atoms with Crippen molar-refractivity contribution in [2.45, 2.75) is 31.4 Å². The summed E-state index contributed by atoms with van der Waals surface area (Å²) in [6.07, 6.45) is 4.22. The molecule has 3 aliphatic rings. The smallest absolute Gasteiger partial charge is 0.156 e. The van der Waals surface area contributed by atoms with Crippen molar-refractivity contribution in [3.8, 4) is 0 Å². The van der Waals surface area contributed by atoms with Crippen LogP contribution in [0.15, 0.2) is 4.99 Å². The molecule has 0 saturated carbocycles. The van der Waals surface area contributed by atoms with Crippen molar-refractivity contribution in [3.05, 3.63) is 0 Å². The van der Waals surface area contributed by atoms with Gasteiger partial charge in [-0.1, -0.05) is 11.8 Å². The molecule has 0 amide bonds. The molecule has 4 nitrogen and oxygen atoms in total. The Balaban J connectivity index is 1.44. The van der Waals surface area contributed by atoms with E-state index in [4.69, 9.17) is 4.74 Å². The minimum absolute atomic E-state index is 0.342. The lowest BCUT2D eigenvalue weighted by Gasteiger charge is -2.35. The molecule has 0 aromatic heterocycles. The summed E-state index contributed by atoms with van der Waals surface area (Å²) >= 11 is 1.84. The quantitative estimate of drug-likeness (QED) is 0.796. The number of amidine groups is 1. The van der Waals surface area contributed by atoms with Crippen molar-refractivity contribution in [3.63, 3.8) is 0 Å². The van der Waals surface area contributed by atoms with Crippen LogP contribution >= 0.6 is 11.8 Å². The van der Waals surface area contributed by atoms with E-state index < -0.39 is 0 Å². The number of hydrogen-bond acceptors (Lipinski definition) is 5. The van der Waals surface area contributed by atoms with Crippen LogP contribution < -0.4 is 5.32 Å². The third-order valence-corrected chi connectivity index (χ3v) is 4.78. The molecule has 0 bridgehead atoms. The molecule has 2 unspecified atom stereocenters. The zero-order valence-electron chi connectivity index (χ0n) is 10.2. The van der Waals surface area contributed by atoms with Crippen LogP contribution in [0.3, 0.4) is 0 Å².